The first kappa shape index (κ1) is 34.0. The molecule has 5 nitrogen and oxygen atoms in total. The summed E-state index contributed by atoms with van der Waals surface area (Å²) in [5, 5.41) is 0. The van der Waals surface area contributed by atoms with Crippen LogP contribution >= 0.6 is 0 Å². The minimum absolute atomic E-state index is 0.181. The average Bonchev–Trinajstić information content (AvgIpc) is 2.80. The summed E-state index contributed by atoms with van der Waals surface area (Å²) in [7, 11) is 0. The summed E-state index contributed by atoms with van der Waals surface area (Å²) in [4.78, 5) is 24.6. The maximum absolute atomic E-state index is 12.3. The Hall–Kier alpha value is -0.0226. The van der Waals surface area contributed by atoms with Crippen LogP contribution < -0.4 is 0 Å². The molecule has 0 aliphatic carbocycles. The second kappa shape index (κ2) is 20.1. The molecule has 0 atom stereocenters. The van der Waals surface area contributed by atoms with E-state index in [-0.39, 0.29) is 5.60 Å². The van der Waals surface area contributed by atoms with Crippen molar-refractivity contribution in [2.75, 3.05) is 0 Å². The topological polar surface area (TPSA) is 61.8 Å². The molecule has 0 spiro atoms. The van der Waals surface area contributed by atoms with Gasteiger partial charge in [-0.3, -0.25) is 0 Å². The Morgan fingerprint density at radius 2 is 1.09 bits per heavy atom. The van der Waals surface area contributed by atoms with Crippen LogP contribution in [0.25, 0.3) is 0 Å². The fourth-order valence-corrected chi connectivity index (χ4v) is 16.6. The summed E-state index contributed by atoms with van der Waals surface area (Å²) in [6, 6.07) is 0. The fraction of sp³-hybridized carbons (Fsp3) is 0.778. The molecule has 0 saturated carbocycles. The van der Waals surface area contributed by atoms with Gasteiger partial charge in [0.2, 0.25) is 0 Å². The van der Waals surface area contributed by atoms with E-state index >= 15 is 0 Å². The van der Waals surface area contributed by atoms with E-state index < -0.39 is 52.7 Å². The van der Waals surface area contributed by atoms with Gasteiger partial charge in [-0.05, 0) is 0 Å². The quantitative estimate of drug-likeness (QED) is 0.0908. The molecule has 0 aliphatic heterocycles. The molecule has 0 bridgehead atoms. The van der Waals surface area contributed by atoms with Crippen molar-refractivity contribution in [3.05, 3.63) is 24.3 Å². The Bertz CT molecular complexity index is 576. The molecule has 0 aromatic rings. The van der Waals surface area contributed by atoms with Crippen molar-refractivity contribution in [2.45, 2.75) is 131 Å². The van der Waals surface area contributed by atoms with E-state index in [9.17, 15) is 9.59 Å². The normalized spacial score (nSPS) is 11.6. The zero-order valence-electron chi connectivity index (χ0n) is 22.9. The number of unbranched alkanes of at least 4 members (excludes halogenated alkanes) is 4. The number of hydrogen-bond donors (Lipinski definition) is 0. The third-order valence-corrected chi connectivity index (χ3v) is 17.3. The molecule has 0 unspecified atom stereocenters. The van der Waals surface area contributed by atoms with Crippen LogP contribution in [0.4, 0.5) is 0 Å². The second-order valence-electron chi connectivity index (χ2n) is 9.45. The van der Waals surface area contributed by atoms with Crippen molar-refractivity contribution in [3.8, 4) is 0 Å². The average molecular weight is 692 g/mol. The molecule has 0 aromatic carbocycles. The van der Waals surface area contributed by atoms with Crippen molar-refractivity contribution in [1.29, 1.82) is 0 Å². The standard InChI is InChI=1S/C11H22O.2C4H6O2.2C4H9.2Sn/c1-4-7-9-11(12,6-3)10-8-5-2;2*1-3(2)4(5)6;2*1-3-4-2;;/h3-10H2,1-2H3;2*1H2,2H3,(H,5,6);2*1,3-4H2,2H3;;/q-1;;;;;+1;+2/p-2. The van der Waals surface area contributed by atoms with Crippen molar-refractivity contribution in [2.24, 2.45) is 0 Å². The van der Waals surface area contributed by atoms with Gasteiger partial charge in [0.15, 0.2) is 0 Å². The fourth-order valence-electron chi connectivity index (χ4n) is 3.64. The van der Waals surface area contributed by atoms with Crippen LogP contribution in [-0.2, 0) is 18.8 Å². The number of hydrogen-bond acceptors (Lipinski definition) is 5. The van der Waals surface area contributed by atoms with E-state index in [4.69, 9.17) is 9.22 Å². The number of carbonyl (C=O) groups excluding carboxylic acids is 2. The third kappa shape index (κ3) is 15.2. The molecule has 0 N–H and O–H groups in total. The van der Waals surface area contributed by atoms with Gasteiger partial charge in [0, 0.05) is 0 Å². The molecular weight excluding hydrogens is 642 g/mol. The van der Waals surface area contributed by atoms with Gasteiger partial charge in [0.1, 0.15) is 0 Å². The van der Waals surface area contributed by atoms with Crippen molar-refractivity contribution >= 4 is 52.7 Å². The van der Waals surface area contributed by atoms with Gasteiger partial charge in [-0.2, -0.15) is 0 Å². The first-order chi connectivity index (χ1) is 16.1. The van der Waals surface area contributed by atoms with Gasteiger partial charge in [-0.1, -0.05) is 0 Å². The molecule has 196 valence electrons. The number of rotatable bonds is 21. The Kier molecular flexibility index (Phi) is 20.1. The van der Waals surface area contributed by atoms with Gasteiger partial charge in [0.25, 0.3) is 0 Å². The summed E-state index contributed by atoms with van der Waals surface area (Å²) in [6.07, 6.45) is 12.3. The number of carbonyl (C=O) groups is 2. The zero-order chi connectivity index (χ0) is 26.0. The molecule has 2 radical (unpaired) electrons. The molecule has 0 aromatic heterocycles. The Morgan fingerprint density at radius 3 is 1.44 bits per heavy atom. The van der Waals surface area contributed by atoms with E-state index in [0.717, 1.165) is 44.9 Å². The van der Waals surface area contributed by atoms with Gasteiger partial charge >= 0.3 is 227 Å². The van der Waals surface area contributed by atoms with E-state index in [2.05, 4.69) is 40.9 Å². The van der Waals surface area contributed by atoms with Crippen molar-refractivity contribution < 1.29 is 18.8 Å². The summed E-state index contributed by atoms with van der Waals surface area (Å²) in [5.74, 6) is -0.917. The van der Waals surface area contributed by atoms with Gasteiger partial charge < -0.3 is 0 Å². The molecule has 0 amide bonds. The van der Waals surface area contributed by atoms with E-state index in [1.54, 1.807) is 13.8 Å². The van der Waals surface area contributed by atoms with Crippen LogP contribution in [0.3, 0.4) is 0 Å². The monoisotopic (exact) mass is 694 g/mol. The predicted octanol–water partition coefficient (Wildman–Crippen LogP) is 7.83. The van der Waals surface area contributed by atoms with Crippen molar-refractivity contribution in [1.82, 2.24) is 0 Å². The van der Waals surface area contributed by atoms with Crippen LogP contribution in [-0.4, -0.2) is 58.3 Å². The van der Waals surface area contributed by atoms with Crippen LogP contribution in [0.5, 0.6) is 0 Å². The molecule has 0 heterocycles. The molecule has 7 heteroatoms. The predicted molar refractivity (Wildman–Crippen MR) is 145 cm³/mol. The molecule has 0 aliphatic rings. The first-order valence-corrected chi connectivity index (χ1v) is 22.8. The van der Waals surface area contributed by atoms with Gasteiger partial charge in [0.05, 0.1) is 0 Å². The molecule has 0 fully saturated rings. The minimum atomic E-state index is -3.28. The Morgan fingerprint density at radius 1 is 0.676 bits per heavy atom. The second-order valence-corrected chi connectivity index (χ2v) is 20.7. The van der Waals surface area contributed by atoms with E-state index in [1.165, 1.54) is 34.6 Å². The van der Waals surface area contributed by atoms with Crippen LogP contribution in [0, 0.1) is 0 Å². The van der Waals surface area contributed by atoms with Crippen LogP contribution in [0.2, 0.25) is 13.3 Å². The summed E-state index contributed by atoms with van der Waals surface area (Å²) in [5.41, 5.74) is 0.483. The zero-order valence-corrected chi connectivity index (χ0v) is 28.6. The molecule has 0 saturated heterocycles. The third-order valence-electron chi connectivity index (χ3n) is 5.85. The van der Waals surface area contributed by atoms with E-state index in [1.807, 2.05) is 0 Å². The summed E-state index contributed by atoms with van der Waals surface area (Å²) >= 11 is -5.30. The first-order valence-electron chi connectivity index (χ1n) is 13.3. The van der Waals surface area contributed by atoms with E-state index in [0.29, 0.717) is 15.6 Å². The summed E-state index contributed by atoms with van der Waals surface area (Å²) in [6.45, 7) is 19.6. The SMILES string of the molecule is C=C(C)C(=O)[O][Sn]([CH2]CC(CCCC)(CCCC)[O][Sn]([CH2]CCC)[CH2]CCC)[O]C(=O)C(=C)C. The van der Waals surface area contributed by atoms with Crippen molar-refractivity contribution in [3.63, 3.8) is 0 Å². The van der Waals surface area contributed by atoms with Gasteiger partial charge in [-0.25, -0.2) is 0 Å². The molecule has 0 rings (SSSR count). The van der Waals surface area contributed by atoms with Crippen LogP contribution in [0.1, 0.15) is 112 Å². The maximum atomic E-state index is 12.3. The van der Waals surface area contributed by atoms with Crippen LogP contribution in [0.15, 0.2) is 24.3 Å². The molecule has 34 heavy (non-hydrogen) atoms. The van der Waals surface area contributed by atoms with Gasteiger partial charge in [-0.15, -0.1) is 0 Å². The Balaban J connectivity index is 5.80. The Labute approximate surface area is 225 Å². The summed E-state index contributed by atoms with van der Waals surface area (Å²) < 4.78 is 21.8. The molecular formula is C27H50O5Sn2.